The molecule has 0 bridgehead atoms. The van der Waals surface area contributed by atoms with E-state index in [1.54, 1.807) is 31.4 Å². The largest absolute Gasteiger partial charge is 0.497 e. The van der Waals surface area contributed by atoms with Crippen LogP contribution < -0.4 is 23.7 Å². The summed E-state index contributed by atoms with van der Waals surface area (Å²) in [4.78, 5) is 12.9. The highest BCUT2D eigenvalue weighted by Crippen LogP contribution is 2.39. The van der Waals surface area contributed by atoms with Gasteiger partial charge in [0.2, 0.25) is 5.75 Å². The van der Waals surface area contributed by atoms with Gasteiger partial charge in [0.25, 0.3) is 0 Å². The lowest BCUT2D eigenvalue weighted by Crippen LogP contribution is -2.11. The van der Waals surface area contributed by atoms with Gasteiger partial charge in [-0.15, -0.1) is 0 Å². The van der Waals surface area contributed by atoms with E-state index in [-0.39, 0.29) is 0 Å². The second-order valence-electron chi connectivity index (χ2n) is 6.37. The molecule has 0 aliphatic carbocycles. The van der Waals surface area contributed by atoms with E-state index < -0.39 is 5.97 Å². The highest BCUT2D eigenvalue weighted by Gasteiger charge is 2.19. The van der Waals surface area contributed by atoms with Crippen molar-refractivity contribution in [1.29, 1.82) is 0 Å². The summed E-state index contributed by atoms with van der Waals surface area (Å²) in [5.41, 5.74) is 0.316. The van der Waals surface area contributed by atoms with Gasteiger partial charge in [-0.05, 0) is 67.9 Å². The first-order valence-corrected chi connectivity index (χ1v) is 9.96. The summed E-state index contributed by atoms with van der Waals surface area (Å²) in [5, 5.41) is 1.94. The Morgan fingerprint density at radius 1 is 0.733 bits per heavy atom. The number of hydrogen-bond donors (Lipinski definition) is 0. The third-order valence-corrected chi connectivity index (χ3v) is 4.37. The molecule has 0 atom stereocenters. The Balaban J connectivity index is 1.92. The maximum absolute atomic E-state index is 12.9. The summed E-state index contributed by atoms with van der Waals surface area (Å²) < 4.78 is 27.9. The van der Waals surface area contributed by atoms with Crippen molar-refractivity contribution in [2.75, 3.05) is 26.9 Å². The minimum absolute atomic E-state index is 0.316. The van der Waals surface area contributed by atoms with E-state index in [4.69, 9.17) is 23.7 Å². The second kappa shape index (κ2) is 9.87. The van der Waals surface area contributed by atoms with Gasteiger partial charge in [-0.25, -0.2) is 4.79 Å². The quantitative estimate of drug-likeness (QED) is 0.354. The first kappa shape index (κ1) is 21.3. The molecule has 0 radical (unpaired) electrons. The van der Waals surface area contributed by atoms with Crippen LogP contribution in [0.4, 0.5) is 0 Å². The number of hydrogen-bond acceptors (Lipinski definition) is 6. The van der Waals surface area contributed by atoms with Crippen LogP contribution in [-0.2, 0) is 0 Å². The molecular weight excluding hydrogens is 384 g/mol. The molecule has 3 aromatic rings. The van der Waals surface area contributed by atoms with E-state index in [2.05, 4.69) is 0 Å². The minimum atomic E-state index is -0.512. The number of methoxy groups -OCH3 is 1. The van der Waals surface area contributed by atoms with Gasteiger partial charge in [-0.1, -0.05) is 12.1 Å². The van der Waals surface area contributed by atoms with Gasteiger partial charge in [-0.2, -0.15) is 0 Å². The summed E-state index contributed by atoms with van der Waals surface area (Å²) in [7, 11) is 1.61. The smallest absolute Gasteiger partial charge is 0.343 e. The normalized spacial score (nSPS) is 10.5. The molecule has 0 N–H and O–H groups in total. The standard InChI is InChI=1S/C24H26O6/c1-5-27-21-14-18(15-22(28-6-2)23(21)29-7-3)24(25)30-20-11-9-16-8-10-19(26-4)12-17(16)13-20/h8-15H,5-7H2,1-4H3. The Morgan fingerprint density at radius 2 is 1.30 bits per heavy atom. The number of carbonyl (C=O) groups is 1. The first-order chi connectivity index (χ1) is 14.6. The van der Waals surface area contributed by atoms with Gasteiger partial charge < -0.3 is 23.7 Å². The molecule has 0 aromatic heterocycles. The lowest BCUT2D eigenvalue weighted by atomic mass is 10.1. The van der Waals surface area contributed by atoms with E-state index in [1.165, 1.54) is 0 Å². The lowest BCUT2D eigenvalue weighted by Gasteiger charge is -2.17. The Morgan fingerprint density at radius 3 is 1.87 bits per heavy atom. The number of fused-ring (bicyclic) bond motifs is 1. The second-order valence-corrected chi connectivity index (χ2v) is 6.37. The van der Waals surface area contributed by atoms with Crippen LogP contribution in [-0.4, -0.2) is 32.9 Å². The Kier molecular flexibility index (Phi) is 7.01. The van der Waals surface area contributed by atoms with Gasteiger partial charge in [0, 0.05) is 0 Å². The van der Waals surface area contributed by atoms with Crippen molar-refractivity contribution in [2.45, 2.75) is 20.8 Å². The van der Waals surface area contributed by atoms with Crippen molar-refractivity contribution in [3.05, 3.63) is 54.1 Å². The first-order valence-electron chi connectivity index (χ1n) is 9.96. The van der Waals surface area contributed by atoms with Crippen LogP contribution in [0.5, 0.6) is 28.7 Å². The average Bonchev–Trinajstić information content (AvgIpc) is 2.75. The maximum Gasteiger partial charge on any atom is 0.343 e. The predicted molar refractivity (Wildman–Crippen MR) is 115 cm³/mol. The van der Waals surface area contributed by atoms with Crippen molar-refractivity contribution in [1.82, 2.24) is 0 Å². The summed E-state index contributed by atoms with van der Waals surface area (Å²) in [6.07, 6.45) is 0. The molecule has 0 unspecified atom stereocenters. The van der Waals surface area contributed by atoms with E-state index in [0.29, 0.717) is 48.4 Å². The highest BCUT2D eigenvalue weighted by molar-refractivity contribution is 5.93. The molecule has 3 rings (SSSR count). The van der Waals surface area contributed by atoms with Crippen LogP contribution in [0.2, 0.25) is 0 Å². The molecule has 0 fully saturated rings. The molecule has 6 heteroatoms. The molecule has 30 heavy (non-hydrogen) atoms. The zero-order valence-corrected chi connectivity index (χ0v) is 17.7. The summed E-state index contributed by atoms with van der Waals surface area (Å²) >= 11 is 0. The monoisotopic (exact) mass is 410 g/mol. The fraction of sp³-hybridized carbons (Fsp3) is 0.292. The van der Waals surface area contributed by atoms with Crippen molar-refractivity contribution < 1.29 is 28.5 Å². The fourth-order valence-corrected chi connectivity index (χ4v) is 3.07. The van der Waals surface area contributed by atoms with Gasteiger partial charge in [0.15, 0.2) is 11.5 Å². The van der Waals surface area contributed by atoms with Crippen LogP contribution in [0.25, 0.3) is 10.8 Å². The Hall–Kier alpha value is -3.41. The van der Waals surface area contributed by atoms with Crippen LogP contribution in [0, 0.1) is 0 Å². The van der Waals surface area contributed by atoms with E-state index >= 15 is 0 Å². The highest BCUT2D eigenvalue weighted by atomic mass is 16.5. The number of rotatable bonds is 9. The van der Waals surface area contributed by atoms with Crippen LogP contribution >= 0.6 is 0 Å². The van der Waals surface area contributed by atoms with E-state index in [0.717, 1.165) is 16.5 Å². The topological polar surface area (TPSA) is 63.2 Å². The van der Waals surface area contributed by atoms with Crippen LogP contribution in [0.1, 0.15) is 31.1 Å². The number of esters is 1. The van der Waals surface area contributed by atoms with Gasteiger partial charge in [0.1, 0.15) is 11.5 Å². The van der Waals surface area contributed by atoms with Crippen LogP contribution in [0.15, 0.2) is 48.5 Å². The molecular formula is C24H26O6. The lowest BCUT2D eigenvalue weighted by molar-refractivity contribution is 0.0733. The molecule has 0 aliphatic heterocycles. The molecule has 0 saturated carbocycles. The number of benzene rings is 3. The molecule has 0 aliphatic rings. The van der Waals surface area contributed by atoms with Crippen molar-refractivity contribution in [3.63, 3.8) is 0 Å². The molecule has 6 nitrogen and oxygen atoms in total. The molecule has 0 heterocycles. The average molecular weight is 410 g/mol. The Bertz CT molecular complexity index is 1000. The molecule has 0 amide bonds. The van der Waals surface area contributed by atoms with Crippen molar-refractivity contribution in [3.8, 4) is 28.7 Å². The molecule has 0 spiro atoms. The zero-order valence-electron chi connectivity index (χ0n) is 17.7. The summed E-state index contributed by atoms with van der Waals surface area (Å²) in [6.45, 7) is 6.91. The summed E-state index contributed by atoms with van der Waals surface area (Å²) in [5.74, 6) is 2.03. The molecule has 0 saturated heterocycles. The van der Waals surface area contributed by atoms with Crippen LogP contribution in [0.3, 0.4) is 0 Å². The van der Waals surface area contributed by atoms with Gasteiger partial charge in [-0.3, -0.25) is 0 Å². The third-order valence-electron chi connectivity index (χ3n) is 4.37. The molecule has 158 valence electrons. The number of carbonyl (C=O) groups excluding carboxylic acids is 1. The van der Waals surface area contributed by atoms with Gasteiger partial charge in [0.05, 0.1) is 32.5 Å². The van der Waals surface area contributed by atoms with Crippen molar-refractivity contribution >= 4 is 16.7 Å². The van der Waals surface area contributed by atoms with E-state index in [1.807, 2.05) is 45.0 Å². The van der Waals surface area contributed by atoms with Crippen molar-refractivity contribution in [2.24, 2.45) is 0 Å². The van der Waals surface area contributed by atoms with Gasteiger partial charge >= 0.3 is 5.97 Å². The van der Waals surface area contributed by atoms with E-state index in [9.17, 15) is 4.79 Å². The maximum atomic E-state index is 12.9. The Labute approximate surface area is 176 Å². The third kappa shape index (κ3) is 4.76. The minimum Gasteiger partial charge on any atom is -0.497 e. The summed E-state index contributed by atoms with van der Waals surface area (Å²) in [6, 6.07) is 14.4. The SMILES string of the molecule is CCOc1cc(C(=O)Oc2ccc3ccc(OC)cc3c2)cc(OCC)c1OCC. The molecule has 3 aromatic carbocycles. The fourth-order valence-electron chi connectivity index (χ4n) is 3.07. The zero-order chi connectivity index (χ0) is 21.5. The number of ether oxygens (including phenoxy) is 5. The predicted octanol–water partition coefficient (Wildman–Crippen LogP) is 5.26.